The van der Waals surface area contributed by atoms with Crippen molar-refractivity contribution in [2.24, 2.45) is 0 Å². The fraction of sp³-hybridized carbons (Fsp3) is 0. The van der Waals surface area contributed by atoms with E-state index in [9.17, 15) is 13.5 Å². The van der Waals surface area contributed by atoms with Gasteiger partial charge in [0.2, 0.25) is 0 Å². The van der Waals surface area contributed by atoms with Crippen molar-refractivity contribution in [3.63, 3.8) is 0 Å². The smallest absolute Gasteiger partial charge is 0.266 e. The normalized spacial score (nSPS) is 11.4. The van der Waals surface area contributed by atoms with E-state index in [2.05, 4.69) is 4.72 Å². The van der Waals surface area contributed by atoms with Crippen molar-refractivity contribution < 1.29 is 13.5 Å². The zero-order valence-corrected chi connectivity index (χ0v) is 11.8. The maximum Gasteiger partial charge on any atom is 0.266 e. The summed E-state index contributed by atoms with van der Waals surface area (Å²) in [7, 11) is -3.87. The van der Waals surface area contributed by atoms with Gasteiger partial charge in [-0.15, -0.1) is 0 Å². The van der Waals surface area contributed by atoms with Crippen molar-refractivity contribution in [3.05, 3.63) is 66.7 Å². The number of anilines is 1. The molecule has 3 aromatic rings. The number of phenolic OH excluding ortho intramolecular Hbond substituents is 1. The quantitative estimate of drug-likeness (QED) is 0.779. The van der Waals surface area contributed by atoms with Crippen LogP contribution in [0.25, 0.3) is 10.8 Å². The zero-order valence-electron chi connectivity index (χ0n) is 11.0. The lowest BCUT2D eigenvalue weighted by atomic mass is 10.1. The Balaban J connectivity index is 2.17. The van der Waals surface area contributed by atoms with Crippen molar-refractivity contribution >= 4 is 26.5 Å². The van der Waals surface area contributed by atoms with Crippen LogP contribution >= 0.6 is 0 Å². The Bertz CT molecular complexity index is 890. The van der Waals surface area contributed by atoms with Gasteiger partial charge in [-0.3, -0.25) is 4.72 Å². The summed E-state index contributed by atoms with van der Waals surface area (Å²) in [5, 5.41) is 11.2. The largest absolute Gasteiger partial charge is 0.506 e. The molecule has 0 aliphatic rings. The van der Waals surface area contributed by atoms with Crippen LogP contribution in [0.1, 0.15) is 0 Å². The van der Waals surface area contributed by atoms with E-state index < -0.39 is 10.0 Å². The van der Waals surface area contributed by atoms with Gasteiger partial charge in [0.05, 0.1) is 0 Å². The third kappa shape index (κ3) is 2.55. The van der Waals surface area contributed by atoms with Crippen LogP contribution in [0.15, 0.2) is 71.6 Å². The molecule has 0 amide bonds. The van der Waals surface area contributed by atoms with Gasteiger partial charge in [-0.05, 0) is 23.6 Å². The van der Waals surface area contributed by atoms with Crippen LogP contribution in [-0.2, 0) is 10.0 Å². The van der Waals surface area contributed by atoms with E-state index in [0.29, 0.717) is 11.1 Å². The topological polar surface area (TPSA) is 66.4 Å². The van der Waals surface area contributed by atoms with Crippen molar-refractivity contribution in [1.29, 1.82) is 0 Å². The summed E-state index contributed by atoms with van der Waals surface area (Å²) in [6.07, 6.45) is 0. The molecule has 0 fully saturated rings. The number of para-hydroxylation sites is 1. The number of hydrogen-bond acceptors (Lipinski definition) is 3. The Morgan fingerprint density at radius 3 is 2.24 bits per heavy atom. The highest BCUT2D eigenvalue weighted by atomic mass is 32.2. The third-order valence-electron chi connectivity index (χ3n) is 3.15. The highest BCUT2D eigenvalue weighted by Crippen LogP contribution is 2.32. The number of rotatable bonds is 3. The summed E-state index contributed by atoms with van der Waals surface area (Å²) in [4.78, 5) is -0.107. The number of sulfonamides is 1. The summed E-state index contributed by atoms with van der Waals surface area (Å²) >= 11 is 0. The lowest BCUT2D eigenvalue weighted by Gasteiger charge is -2.12. The van der Waals surface area contributed by atoms with Crippen LogP contribution in [0.4, 0.5) is 5.69 Å². The van der Waals surface area contributed by atoms with Gasteiger partial charge in [-0.2, -0.15) is 0 Å². The lowest BCUT2D eigenvalue weighted by Crippen LogP contribution is -2.13. The minimum atomic E-state index is -3.87. The average molecular weight is 299 g/mol. The molecule has 0 saturated carbocycles. The van der Waals surface area contributed by atoms with Crippen LogP contribution in [0, 0.1) is 0 Å². The molecule has 0 aromatic heterocycles. The Hall–Kier alpha value is -2.53. The molecule has 4 nitrogen and oxygen atoms in total. The Labute approximate surface area is 122 Å². The number of fused-ring (bicyclic) bond motifs is 1. The highest BCUT2D eigenvalue weighted by molar-refractivity contribution is 7.93. The fourth-order valence-corrected chi connectivity index (χ4v) is 3.59. The minimum absolute atomic E-state index is 0.107. The first kappa shape index (κ1) is 13.5. The predicted octanol–water partition coefficient (Wildman–Crippen LogP) is 3.35. The van der Waals surface area contributed by atoms with Crippen molar-refractivity contribution in [2.45, 2.75) is 4.90 Å². The van der Waals surface area contributed by atoms with Crippen LogP contribution in [0.2, 0.25) is 0 Å². The molecule has 0 radical (unpaired) electrons. The van der Waals surface area contributed by atoms with Crippen molar-refractivity contribution in [3.8, 4) is 5.75 Å². The first-order valence-corrected chi connectivity index (χ1v) is 7.85. The zero-order chi connectivity index (χ0) is 14.9. The Morgan fingerprint density at radius 1 is 0.810 bits per heavy atom. The SMILES string of the molecule is O=S(=O)(Nc1ccccc1)c1c(O)ccc2ccccc12. The van der Waals surface area contributed by atoms with E-state index in [1.165, 1.54) is 6.07 Å². The molecule has 0 saturated heterocycles. The predicted molar refractivity (Wildman–Crippen MR) is 82.9 cm³/mol. The molecule has 0 unspecified atom stereocenters. The fourth-order valence-electron chi connectivity index (χ4n) is 2.23. The van der Waals surface area contributed by atoms with Crippen LogP contribution in [-0.4, -0.2) is 13.5 Å². The first-order valence-electron chi connectivity index (χ1n) is 6.36. The van der Waals surface area contributed by atoms with Gasteiger partial charge in [-0.25, -0.2) is 8.42 Å². The highest BCUT2D eigenvalue weighted by Gasteiger charge is 2.21. The van der Waals surface area contributed by atoms with Crippen LogP contribution < -0.4 is 4.72 Å². The second-order valence-corrected chi connectivity index (χ2v) is 6.23. The molecule has 2 N–H and O–H groups in total. The van der Waals surface area contributed by atoms with E-state index in [1.54, 1.807) is 54.6 Å². The molecule has 3 aromatic carbocycles. The van der Waals surface area contributed by atoms with E-state index in [-0.39, 0.29) is 10.6 Å². The minimum Gasteiger partial charge on any atom is -0.506 e. The number of aromatic hydroxyl groups is 1. The van der Waals surface area contributed by atoms with E-state index in [0.717, 1.165) is 5.39 Å². The third-order valence-corrected chi connectivity index (χ3v) is 4.62. The Morgan fingerprint density at radius 2 is 1.48 bits per heavy atom. The van der Waals surface area contributed by atoms with Gasteiger partial charge in [0.15, 0.2) is 0 Å². The van der Waals surface area contributed by atoms with Gasteiger partial charge >= 0.3 is 0 Å². The van der Waals surface area contributed by atoms with E-state index in [1.807, 2.05) is 6.07 Å². The molecule has 0 aliphatic heterocycles. The van der Waals surface area contributed by atoms with Crippen molar-refractivity contribution in [2.75, 3.05) is 4.72 Å². The van der Waals surface area contributed by atoms with Gasteiger partial charge in [0, 0.05) is 11.1 Å². The molecular weight excluding hydrogens is 286 g/mol. The second kappa shape index (κ2) is 5.10. The van der Waals surface area contributed by atoms with Gasteiger partial charge in [-0.1, -0.05) is 48.5 Å². The molecule has 106 valence electrons. The maximum atomic E-state index is 12.6. The molecule has 0 aliphatic carbocycles. The maximum absolute atomic E-state index is 12.6. The molecule has 0 heterocycles. The number of hydrogen-bond donors (Lipinski definition) is 2. The van der Waals surface area contributed by atoms with Gasteiger partial charge in [0.1, 0.15) is 10.6 Å². The average Bonchev–Trinajstić information content (AvgIpc) is 2.47. The van der Waals surface area contributed by atoms with Crippen molar-refractivity contribution in [1.82, 2.24) is 0 Å². The summed E-state index contributed by atoms with van der Waals surface area (Å²) < 4.78 is 27.6. The summed E-state index contributed by atoms with van der Waals surface area (Å²) in [5.41, 5.74) is 0.449. The van der Waals surface area contributed by atoms with Gasteiger partial charge in [0.25, 0.3) is 10.0 Å². The van der Waals surface area contributed by atoms with Gasteiger partial charge < -0.3 is 5.11 Å². The molecular formula is C16H13NO3S. The summed E-state index contributed by atoms with van der Waals surface area (Å²) in [5.74, 6) is -0.267. The first-order chi connectivity index (χ1) is 10.1. The Kier molecular flexibility index (Phi) is 3.27. The van der Waals surface area contributed by atoms with E-state index >= 15 is 0 Å². The molecule has 21 heavy (non-hydrogen) atoms. The standard InChI is InChI=1S/C16H13NO3S/c18-15-11-10-12-6-4-5-9-14(12)16(15)21(19,20)17-13-7-2-1-3-8-13/h1-11,17-18H. The monoisotopic (exact) mass is 299 g/mol. The van der Waals surface area contributed by atoms with E-state index in [4.69, 9.17) is 0 Å². The lowest BCUT2D eigenvalue weighted by molar-refractivity contribution is 0.461. The molecule has 0 spiro atoms. The summed E-state index contributed by atoms with van der Waals surface area (Å²) in [6.45, 7) is 0. The molecule has 5 heteroatoms. The number of benzene rings is 3. The summed E-state index contributed by atoms with van der Waals surface area (Å²) in [6, 6.07) is 18.7. The molecule has 3 rings (SSSR count). The van der Waals surface area contributed by atoms with Crippen LogP contribution in [0.3, 0.4) is 0 Å². The number of phenols is 1. The molecule has 0 atom stereocenters. The molecule has 0 bridgehead atoms. The van der Waals surface area contributed by atoms with Crippen LogP contribution in [0.5, 0.6) is 5.75 Å². The second-order valence-electron chi connectivity index (χ2n) is 4.61. The number of nitrogens with one attached hydrogen (secondary N) is 1.